The van der Waals surface area contributed by atoms with Gasteiger partial charge in [-0.3, -0.25) is 0 Å². The van der Waals surface area contributed by atoms with Crippen molar-refractivity contribution in [2.75, 3.05) is 19.3 Å². The average Bonchev–Trinajstić information content (AvgIpc) is 2.71. The van der Waals surface area contributed by atoms with Crippen LogP contribution in [0.4, 0.5) is 5.95 Å². The third-order valence-electron chi connectivity index (χ3n) is 4.02. The number of imidazole rings is 1. The number of anilines is 1. The molecule has 0 fully saturated rings. The van der Waals surface area contributed by atoms with E-state index in [1.807, 2.05) is 12.1 Å². The van der Waals surface area contributed by atoms with Gasteiger partial charge in [-0.15, -0.1) is 0 Å². The van der Waals surface area contributed by atoms with Gasteiger partial charge >= 0.3 is 0 Å². The molecule has 4 nitrogen and oxygen atoms in total. The van der Waals surface area contributed by atoms with E-state index in [-0.39, 0.29) is 0 Å². The van der Waals surface area contributed by atoms with Crippen molar-refractivity contribution < 1.29 is 0 Å². The number of fused-ring (bicyclic) bond motifs is 1. The monoisotopic (exact) mass is 274 g/mol. The van der Waals surface area contributed by atoms with Gasteiger partial charge in [0.25, 0.3) is 0 Å². The number of rotatable bonds is 6. The molecule has 20 heavy (non-hydrogen) atoms. The van der Waals surface area contributed by atoms with E-state index < -0.39 is 0 Å². The quantitative estimate of drug-likeness (QED) is 0.824. The van der Waals surface area contributed by atoms with Crippen LogP contribution in [0.25, 0.3) is 11.0 Å². The Bertz CT molecular complexity index is 571. The number of nitrogen functional groups attached to an aromatic ring is 1. The molecule has 0 bridgehead atoms. The van der Waals surface area contributed by atoms with Gasteiger partial charge in [-0.2, -0.15) is 0 Å². The molecule has 0 amide bonds. The molecule has 2 aromatic rings. The van der Waals surface area contributed by atoms with Crippen LogP contribution >= 0.6 is 0 Å². The fourth-order valence-corrected chi connectivity index (χ4v) is 2.50. The molecule has 110 valence electrons. The Morgan fingerprint density at radius 3 is 2.75 bits per heavy atom. The minimum atomic E-state index is 0.608. The van der Waals surface area contributed by atoms with Crippen LogP contribution in [-0.4, -0.2) is 34.1 Å². The van der Waals surface area contributed by atoms with Gasteiger partial charge in [-0.05, 0) is 58.8 Å². The highest BCUT2D eigenvalue weighted by Gasteiger charge is 2.10. The van der Waals surface area contributed by atoms with Crippen LogP contribution in [0.1, 0.15) is 32.3 Å². The lowest BCUT2D eigenvalue weighted by Gasteiger charge is -2.20. The van der Waals surface area contributed by atoms with Gasteiger partial charge in [-0.1, -0.05) is 12.1 Å². The molecule has 0 radical (unpaired) electrons. The van der Waals surface area contributed by atoms with E-state index in [1.165, 1.54) is 17.5 Å². The largest absolute Gasteiger partial charge is 0.369 e. The summed E-state index contributed by atoms with van der Waals surface area (Å²) in [5.74, 6) is 0.631. The summed E-state index contributed by atoms with van der Waals surface area (Å²) in [6, 6.07) is 6.79. The highest BCUT2D eigenvalue weighted by molar-refractivity contribution is 5.81. The van der Waals surface area contributed by atoms with Gasteiger partial charge in [0.15, 0.2) is 0 Å². The Balaban J connectivity index is 2.01. The first-order chi connectivity index (χ1) is 9.50. The summed E-state index contributed by atoms with van der Waals surface area (Å²) in [5, 5.41) is 0. The SMILES string of the molecule is Cc1cccc2nc(N)n(CCCCN(C)C(C)C)c12. The number of hydrogen-bond acceptors (Lipinski definition) is 3. The Morgan fingerprint density at radius 2 is 2.05 bits per heavy atom. The number of unbranched alkanes of at least 4 members (excludes halogenated alkanes) is 1. The van der Waals surface area contributed by atoms with Crippen molar-refractivity contribution >= 4 is 17.0 Å². The van der Waals surface area contributed by atoms with Crippen LogP contribution in [0, 0.1) is 6.92 Å². The van der Waals surface area contributed by atoms with Crippen molar-refractivity contribution in [2.24, 2.45) is 0 Å². The summed E-state index contributed by atoms with van der Waals surface area (Å²) < 4.78 is 2.15. The fourth-order valence-electron chi connectivity index (χ4n) is 2.50. The molecule has 1 aromatic carbocycles. The van der Waals surface area contributed by atoms with Crippen LogP contribution in [0.3, 0.4) is 0 Å². The molecule has 0 aliphatic rings. The molecule has 0 saturated heterocycles. The number of nitrogens with zero attached hydrogens (tertiary/aromatic N) is 3. The van der Waals surface area contributed by atoms with E-state index in [0.29, 0.717) is 12.0 Å². The second-order valence-corrected chi connectivity index (χ2v) is 5.85. The van der Waals surface area contributed by atoms with E-state index >= 15 is 0 Å². The normalized spacial score (nSPS) is 11.9. The zero-order valence-corrected chi connectivity index (χ0v) is 13.1. The molecule has 0 aliphatic carbocycles. The predicted molar refractivity (Wildman–Crippen MR) is 85.9 cm³/mol. The molecule has 0 aliphatic heterocycles. The molecule has 0 atom stereocenters. The summed E-state index contributed by atoms with van der Waals surface area (Å²) in [6.45, 7) is 8.64. The lowest BCUT2D eigenvalue weighted by atomic mass is 10.2. The van der Waals surface area contributed by atoms with Crippen molar-refractivity contribution in [3.63, 3.8) is 0 Å². The standard InChI is InChI=1S/C16H26N4/c1-12(2)19(4)10-5-6-11-20-15-13(3)8-7-9-14(15)18-16(20)17/h7-9,12H,5-6,10-11H2,1-4H3,(H2,17,18). The lowest BCUT2D eigenvalue weighted by Crippen LogP contribution is -2.27. The summed E-state index contributed by atoms with van der Waals surface area (Å²) in [5.41, 5.74) is 9.48. The lowest BCUT2D eigenvalue weighted by molar-refractivity contribution is 0.266. The number of para-hydroxylation sites is 1. The van der Waals surface area contributed by atoms with Crippen LogP contribution in [-0.2, 0) is 6.54 Å². The predicted octanol–water partition coefficient (Wildman–Crippen LogP) is 3.05. The Kier molecular flexibility index (Phi) is 4.65. The van der Waals surface area contributed by atoms with Gasteiger partial charge in [0.2, 0.25) is 5.95 Å². The van der Waals surface area contributed by atoms with E-state index in [0.717, 1.165) is 25.0 Å². The van der Waals surface area contributed by atoms with Gasteiger partial charge in [0.1, 0.15) is 0 Å². The second-order valence-electron chi connectivity index (χ2n) is 5.85. The molecule has 0 spiro atoms. The van der Waals surface area contributed by atoms with Gasteiger partial charge in [0, 0.05) is 12.6 Å². The van der Waals surface area contributed by atoms with E-state index in [4.69, 9.17) is 5.73 Å². The third kappa shape index (κ3) is 3.12. The van der Waals surface area contributed by atoms with Crippen molar-refractivity contribution in [1.29, 1.82) is 0 Å². The molecular formula is C16H26N4. The van der Waals surface area contributed by atoms with E-state index in [2.05, 4.69) is 48.3 Å². The summed E-state index contributed by atoms with van der Waals surface area (Å²) in [7, 11) is 2.18. The number of benzene rings is 1. The summed E-state index contributed by atoms with van der Waals surface area (Å²) in [6.07, 6.45) is 2.31. The van der Waals surface area contributed by atoms with Crippen LogP contribution in [0.15, 0.2) is 18.2 Å². The smallest absolute Gasteiger partial charge is 0.201 e. The Labute approximate surface area is 121 Å². The maximum absolute atomic E-state index is 6.05. The molecule has 4 heteroatoms. The molecule has 1 heterocycles. The summed E-state index contributed by atoms with van der Waals surface area (Å²) >= 11 is 0. The Morgan fingerprint density at radius 1 is 1.30 bits per heavy atom. The Hall–Kier alpha value is -1.55. The average molecular weight is 274 g/mol. The molecule has 0 unspecified atom stereocenters. The molecule has 1 aromatic heterocycles. The number of nitrogens with two attached hydrogens (primary N) is 1. The first-order valence-electron chi connectivity index (χ1n) is 7.42. The van der Waals surface area contributed by atoms with Crippen LogP contribution < -0.4 is 5.73 Å². The molecule has 2 N–H and O–H groups in total. The van der Waals surface area contributed by atoms with E-state index in [9.17, 15) is 0 Å². The number of hydrogen-bond donors (Lipinski definition) is 1. The second kappa shape index (κ2) is 6.27. The highest BCUT2D eigenvalue weighted by Crippen LogP contribution is 2.21. The van der Waals surface area contributed by atoms with Crippen molar-refractivity contribution in [3.8, 4) is 0 Å². The minimum absolute atomic E-state index is 0.608. The van der Waals surface area contributed by atoms with Crippen molar-refractivity contribution in [3.05, 3.63) is 23.8 Å². The topological polar surface area (TPSA) is 47.1 Å². The molecule has 2 rings (SSSR count). The van der Waals surface area contributed by atoms with Crippen LogP contribution in [0.2, 0.25) is 0 Å². The number of aromatic nitrogens is 2. The first-order valence-corrected chi connectivity index (χ1v) is 7.42. The zero-order valence-electron chi connectivity index (χ0n) is 13.1. The third-order valence-corrected chi connectivity index (χ3v) is 4.02. The van der Waals surface area contributed by atoms with Crippen LogP contribution in [0.5, 0.6) is 0 Å². The maximum atomic E-state index is 6.05. The number of aryl methyl sites for hydroxylation is 2. The van der Waals surface area contributed by atoms with Crippen molar-refractivity contribution in [1.82, 2.24) is 14.5 Å². The van der Waals surface area contributed by atoms with Crippen molar-refractivity contribution in [2.45, 2.75) is 46.2 Å². The van der Waals surface area contributed by atoms with Gasteiger partial charge in [-0.25, -0.2) is 4.98 Å². The maximum Gasteiger partial charge on any atom is 0.201 e. The van der Waals surface area contributed by atoms with Gasteiger partial charge < -0.3 is 15.2 Å². The highest BCUT2D eigenvalue weighted by atomic mass is 15.2. The molecule has 0 saturated carbocycles. The van der Waals surface area contributed by atoms with E-state index in [1.54, 1.807) is 0 Å². The van der Waals surface area contributed by atoms with Gasteiger partial charge in [0.05, 0.1) is 11.0 Å². The molecular weight excluding hydrogens is 248 g/mol. The fraction of sp³-hybridized carbons (Fsp3) is 0.562. The zero-order chi connectivity index (χ0) is 14.7. The summed E-state index contributed by atoms with van der Waals surface area (Å²) in [4.78, 5) is 6.82. The first kappa shape index (κ1) is 14.9. The minimum Gasteiger partial charge on any atom is -0.369 e.